The molecule has 1 N–H and O–H groups in total. The number of carbonyl (C=O) groups is 1. The molecule has 7 heteroatoms. The summed E-state index contributed by atoms with van der Waals surface area (Å²) in [6, 6.07) is 11.2. The molecule has 1 aliphatic carbocycles. The molecule has 0 radical (unpaired) electrons. The van der Waals surface area contributed by atoms with Gasteiger partial charge in [0.05, 0.1) is 23.4 Å². The van der Waals surface area contributed by atoms with Crippen molar-refractivity contribution in [3.63, 3.8) is 0 Å². The SMILES string of the molecule is Cc1c(Cc2ccc(-n3cccn3)cc2)cc2c(c1F)OCN(C1CCCC1O)C2=O. The molecule has 2 aromatic carbocycles. The number of aromatic nitrogens is 2. The van der Waals surface area contributed by atoms with Gasteiger partial charge in [-0.25, -0.2) is 9.07 Å². The molecule has 2 heterocycles. The third-order valence-corrected chi connectivity index (χ3v) is 6.36. The van der Waals surface area contributed by atoms with Crippen molar-refractivity contribution in [2.45, 2.75) is 44.8 Å². The van der Waals surface area contributed by atoms with Gasteiger partial charge in [-0.1, -0.05) is 12.1 Å². The first-order valence-corrected chi connectivity index (χ1v) is 10.6. The van der Waals surface area contributed by atoms with Crippen LogP contribution in [0.5, 0.6) is 5.75 Å². The average molecular weight is 421 g/mol. The maximum absolute atomic E-state index is 15.1. The zero-order chi connectivity index (χ0) is 21.5. The van der Waals surface area contributed by atoms with Crippen molar-refractivity contribution < 1.29 is 19.0 Å². The van der Waals surface area contributed by atoms with Crippen molar-refractivity contribution in [2.75, 3.05) is 6.73 Å². The maximum atomic E-state index is 15.1. The van der Waals surface area contributed by atoms with Crippen LogP contribution >= 0.6 is 0 Å². The quantitative estimate of drug-likeness (QED) is 0.699. The molecule has 31 heavy (non-hydrogen) atoms. The van der Waals surface area contributed by atoms with Crippen molar-refractivity contribution >= 4 is 5.91 Å². The van der Waals surface area contributed by atoms with E-state index in [9.17, 15) is 9.90 Å². The summed E-state index contributed by atoms with van der Waals surface area (Å²) in [6.07, 6.45) is 5.80. The Balaban J connectivity index is 1.43. The Kier molecular flexibility index (Phi) is 4.98. The molecule has 3 aromatic rings. The van der Waals surface area contributed by atoms with Crippen molar-refractivity contribution in [3.05, 3.63) is 76.9 Å². The van der Waals surface area contributed by atoms with E-state index in [0.717, 1.165) is 29.7 Å². The van der Waals surface area contributed by atoms with Crippen LogP contribution in [0.3, 0.4) is 0 Å². The van der Waals surface area contributed by atoms with E-state index >= 15 is 4.39 Å². The van der Waals surface area contributed by atoms with Crippen LogP contribution in [0.2, 0.25) is 0 Å². The molecule has 0 bridgehead atoms. The molecular formula is C24H24FN3O3. The summed E-state index contributed by atoms with van der Waals surface area (Å²) in [5.41, 5.74) is 3.41. The molecule has 1 amide bonds. The Morgan fingerprint density at radius 2 is 2.06 bits per heavy atom. The monoisotopic (exact) mass is 421 g/mol. The molecule has 1 aliphatic heterocycles. The minimum atomic E-state index is -0.558. The largest absolute Gasteiger partial charge is 0.469 e. The van der Waals surface area contributed by atoms with E-state index in [-0.39, 0.29) is 30.0 Å². The highest BCUT2D eigenvalue weighted by molar-refractivity contribution is 5.98. The molecule has 1 saturated carbocycles. The lowest BCUT2D eigenvalue weighted by Gasteiger charge is -2.35. The molecular weight excluding hydrogens is 397 g/mol. The van der Waals surface area contributed by atoms with E-state index in [4.69, 9.17) is 4.74 Å². The summed E-state index contributed by atoms with van der Waals surface area (Å²) in [5.74, 6) is -0.744. The summed E-state index contributed by atoms with van der Waals surface area (Å²) in [4.78, 5) is 14.7. The lowest BCUT2D eigenvalue weighted by molar-refractivity contribution is 0.0115. The highest BCUT2D eigenvalue weighted by atomic mass is 19.1. The van der Waals surface area contributed by atoms with Gasteiger partial charge in [-0.2, -0.15) is 5.10 Å². The van der Waals surface area contributed by atoms with Crippen LogP contribution in [0, 0.1) is 12.7 Å². The molecule has 5 rings (SSSR count). The standard InChI is InChI=1S/C24H24FN3O3/c1-15-17(12-16-6-8-18(9-7-16)28-11-3-10-26-28)13-19-23(22(15)25)31-14-27(24(19)30)20-4-2-5-21(20)29/h3,6-11,13,20-21,29H,2,4-5,12,14H2,1H3. The van der Waals surface area contributed by atoms with Crippen LogP contribution in [-0.4, -0.2) is 44.6 Å². The molecule has 2 atom stereocenters. The van der Waals surface area contributed by atoms with Crippen molar-refractivity contribution in [1.82, 2.24) is 14.7 Å². The van der Waals surface area contributed by atoms with E-state index in [0.29, 0.717) is 18.4 Å². The Morgan fingerprint density at radius 1 is 1.26 bits per heavy atom. The van der Waals surface area contributed by atoms with Crippen LogP contribution in [0.25, 0.3) is 5.69 Å². The van der Waals surface area contributed by atoms with Gasteiger partial charge in [0.1, 0.15) is 0 Å². The van der Waals surface area contributed by atoms with Gasteiger partial charge < -0.3 is 9.84 Å². The zero-order valence-electron chi connectivity index (χ0n) is 17.3. The van der Waals surface area contributed by atoms with Gasteiger partial charge in [0, 0.05) is 12.4 Å². The maximum Gasteiger partial charge on any atom is 0.260 e. The number of aliphatic hydroxyl groups is 1. The van der Waals surface area contributed by atoms with Crippen molar-refractivity contribution in [3.8, 4) is 11.4 Å². The Morgan fingerprint density at radius 3 is 2.74 bits per heavy atom. The van der Waals surface area contributed by atoms with E-state index in [1.54, 1.807) is 23.9 Å². The number of nitrogens with zero attached hydrogens (tertiary/aromatic N) is 3. The highest BCUT2D eigenvalue weighted by Crippen LogP contribution is 2.36. The predicted octanol–water partition coefficient (Wildman–Crippen LogP) is 3.62. The summed E-state index contributed by atoms with van der Waals surface area (Å²) >= 11 is 0. The first-order chi connectivity index (χ1) is 15.0. The number of rotatable bonds is 4. The second kappa shape index (κ2) is 7.81. The van der Waals surface area contributed by atoms with Crippen LogP contribution in [0.15, 0.2) is 48.8 Å². The topological polar surface area (TPSA) is 67.6 Å². The minimum absolute atomic E-state index is 0.0176. The van der Waals surface area contributed by atoms with E-state index in [2.05, 4.69) is 5.10 Å². The smallest absolute Gasteiger partial charge is 0.260 e. The number of hydrogen-bond donors (Lipinski definition) is 1. The third-order valence-electron chi connectivity index (χ3n) is 6.36. The number of carbonyl (C=O) groups excluding carboxylic acids is 1. The fourth-order valence-electron chi connectivity index (χ4n) is 4.55. The molecule has 2 unspecified atom stereocenters. The van der Waals surface area contributed by atoms with Gasteiger partial charge in [-0.15, -0.1) is 0 Å². The Labute approximate surface area is 179 Å². The van der Waals surface area contributed by atoms with Crippen molar-refractivity contribution in [1.29, 1.82) is 0 Å². The molecule has 1 aromatic heterocycles. The molecule has 2 aliphatic rings. The van der Waals surface area contributed by atoms with Gasteiger partial charge in [-0.3, -0.25) is 9.69 Å². The van der Waals surface area contributed by atoms with Crippen LogP contribution in [0.4, 0.5) is 4.39 Å². The molecule has 0 saturated heterocycles. The number of fused-ring (bicyclic) bond motifs is 1. The van der Waals surface area contributed by atoms with E-state index < -0.39 is 11.9 Å². The third kappa shape index (κ3) is 3.49. The normalized spacial score (nSPS) is 20.6. The van der Waals surface area contributed by atoms with Crippen LogP contribution in [0.1, 0.15) is 46.3 Å². The molecule has 1 fully saturated rings. The summed E-state index contributed by atoms with van der Waals surface area (Å²) in [7, 11) is 0. The molecule has 0 spiro atoms. The van der Waals surface area contributed by atoms with Crippen LogP contribution in [-0.2, 0) is 6.42 Å². The van der Waals surface area contributed by atoms with Crippen molar-refractivity contribution in [2.24, 2.45) is 0 Å². The second-order valence-corrected chi connectivity index (χ2v) is 8.26. The predicted molar refractivity (Wildman–Crippen MR) is 113 cm³/mol. The number of hydrogen-bond acceptors (Lipinski definition) is 4. The highest BCUT2D eigenvalue weighted by Gasteiger charge is 2.39. The zero-order valence-corrected chi connectivity index (χ0v) is 17.3. The number of aliphatic hydroxyl groups excluding tert-OH is 1. The number of amides is 1. The molecule has 160 valence electrons. The minimum Gasteiger partial charge on any atom is -0.469 e. The second-order valence-electron chi connectivity index (χ2n) is 8.26. The summed E-state index contributed by atoms with van der Waals surface area (Å²) in [5, 5.41) is 14.4. The van der Waals surface area contributed by atoms with Gasteiger partial charge in [0.2, 0.25) is 0 Å². The summed E-state index contributed by atoms with van der Waals surface area (Å²) < 4.78 is 22.5. The van der Waals surface area contributed by atoms with Gasteiger partial charge in [0.25, 0.3) is 5.91 Å². The summed E-state index contributed by atoms with van der Waals surface area (Å²) in [6.45, 7) is 1.68. The fourth-order valence-corrected chi connectivity index (χ4v) is 4.55. The lowest BCUT2D eigenvalue weighted by atomic mass is 9.95. The number of halogens is 1. The molecule has 6 nitrogen and oxygen atoms in total. The van der Waals surface area contributed by atoms with Gasteiger partial charge in [0.15, 0.2) is 18.3 Å². The first-order valence-electron chi connectivity index (χ1n) is 10.6. The fraction of sp³-hybridized carbons (Fsp3) is 0.333. The van der Waals surface area contributed by atoms with E-state index in [1.807, 2.05) is 36.5 Å². The Bertz CT molecular complexity index is 1110. The number of benzene rings is 2. The Hall–Kier alpha value is -3.19. The average Bonchev–Trinajstić information content (AvgIpc) is 3.45. The number of ether oxygens (including phenoxy) is 1. The van der Waals surface area contributed by atoms with Crippen LogP contribution < -0.4 is 4.74 Å². The van der Waals surface area contributed by atoms with E-state index in [1.165, 1.54) is 4.90 Å². The lowest BCUT2D eigenvalue weighted by Crippen LogP contribution is -2.48. The van der Waals surface area contributed by atoms with Gasteiger partial charge in [-0.05, 0) is 73.6 Å². The van der Waals surface area contributed by atoms with Gasteiger partial charge >= 0.3 is 0 Å². The first kappa shape index (κ1) is 19.8.